The van der Waals surface area contributed by atoms with E-state index in [1.54, 1.807) is 29.2 Å². The molecule has 0 bridgehead atoms. The number of anilines is 1. The fourth-order valence-electron chi connectivity index (χ4n) is 5.03. The lowest BCUT2D eigenvalue weighted by Crippen LogP contribution is -2.58. The van der Waals surface area contributed by atoms with E-state index in [1.165, 1.54) is 0 Å². The second-order valence-electron chi connectivity index (χ2n) is 12.5. The topological polar surface area (TPSA) is 108 Å². The van der Waals surface area contributed by atoms with Gasteiger partial charge in [0.2, 0.25) is 5.76 Å². The third-order valence-corrected chi connectivity index (χ3v) is 6.67. The number of aromatic nitrogens is 1. The molecule has 0 atom stereocenters. The molecular formula is C31H36N4O4. The molecule has 2 amide bonds. The lowest BCUT2D eigenvalue weighted by molar-refractivity contribution is -0.171. The summed E-state index contributed by atoms with van der Waals surface area (Å²) >= 11 is 0. The monoisotopic (exact) mass is 528 g/mol. The maximum atomic E-state index is 13.3. The molecule has 1 aliphatic rings. The number of nitriles is 1. The molecule has 0 unspecified atom stereocenters. The Morgan fingerprint density at radius 3 is 2.31 bits per heavy atom. The second kappa shape index (κ2) is 9.97. The van der Waals surface area contributed by atoms with Gasteiger partial charge in [-0.1, -0.05) is 32.0 Å². The average molecular weight is 529 g/mol. The highest BCUT2D eigenvalue weighted by Crippen LogP contribution is 2.31. The van der Waals surface area contributed by atoms with Gasteiger partial charge < -0.3 is 19.5 Å². The SMILES string of the molecule is Cc1ccc(NC(=O)c2cc(C#N)cc(C(C)(C)C)c2)cc1-c1cc(C(=O)N2CC(C)(C)OC(C)(C)C2)on1. The van der Waals surface area contributed by atoms with Gasteiger partial charge in [-0.3, -0.25) is 9.59 Å². The van der Waals surface area contributed by atoms with E-state index in [0.29, 0.717) is 35.6 Å². The van der Waals surface area contributed by atoms with E-state index >= 15 is 0 Å². The van der Waals surface area contributed by atoms with E-state index in [9.17, 15) is 14.9 Å². The van der Waals surface area contributed by atoms with Crippen LogP contribution < -0.4 is 5.32 Å². The molecule has 4 rings (SSSR count). The molecule has 1 N–H and O–H groups in total. The van der Waals surface area contributed by atoms with Gasteiger partial charge in [0, 0.05) is 36.0 Å². The highest BCUT2D eigenvalue weighted by Gasteiger charge is 2.41. The van der Waals surface area contributed by atoms with Gasteiger partial charge >= 0.3 is 0 Å². The van der Waals surface area contributed by atoms with E-state index < -0.39 is 11.2 Å². The number of amides is 2. The van der Waals surface area contributed by atoms with Crippen molar-refractivity contribution in [1.29, 1.82) is 5.26 Å². The van der Waals surface area contributed by atoms with Crippen LogP contribution in [0.5, 0.6) is 0 Å². The average Bonchev–Trinajstić information content (AvgIpc) is 3.32. The fraction of sp³-hybridized carbons (Fsp3) is 0.419. The van der Waals surface area contributed by atoms with Gasteiger partial charge in [0.15, 0.2) is 0 Å². The number of carbonyl (C=O) groups excluding carboxylic acids is 2. The van der Waals surface area contributed by atoms with Gasteiger partial charge in [0.25, 0.3) is 11.8 Å². The van der Waals surface area contributed by atoms with E-state index in [-0.39, 0.29) is 23.0 Å². The van der Waals surface area contributed by atoms with Gasteiger partial charge in [0.1, 0.15) is 5.69 Å². The fourth-order valence-corrected chi connectivity index (χ4v) is 5.03. The zero-order valence-corrected chi connectivity index (χ0v) is 23.9. The molecule has 1 saturated heterocycles. The number of morpholine rings is 1. The van der Waals surface area contributed by atoms with Crippen molar-refractivity contribution in [3.63, 3.8) is 0 Å². The maximum Gasteiger partial charge on any atom is 0.292 e. The molecule has 0 aliphatic carbocycles. The lowest BCUT2D eigenvalue weighted by atomic mass is 9.85. The summed E-state index contributed by atoms with van der Waals surface area (Å²) < 4.78 is 11.6. The van der Waals surface area contributed by atoms with Crippen molar-refractivity contribution in [2.75, 3.05) is 18.4 Å². The summed E-state index contributed by atoms with van der Waals surface area (Å²) in [5.74, 6) is -0.413. The van der Waals surface area contributed by atoms with Crippen molar-refractivity contribution in [3.8, 4) is 17.3 Å². The third kappa shape index (κ3) is 6.37. The Hall–Kier alpha value is -3.96. The summed E-state index contributed by atoms with van der Waals surface area (Å²) in [5.41, 5.74) is 3.28. The summed E-state index contributed by atoms with van der Waals surface area (Å²) in [4.78, 5) is 28.2. The number of hydrogen-bond acceptors (Lipinski definition) is 6. The summed E-state index contributed by atoms with van der Waals surface area (Å²) in [6, 6.07) is 14.5. The number of aryl methyl sites for hydroxylation is 1. The van der Waals surface area contributed by atoms with E-state index in [1.807, 2.05) is 73.6 Å². The van der Waals surface area contributed by atoms with Gasteiger partial charge in [0.05, 0.1) is 22.8 Å². The number of carbonyl (C=O) groups is 2. The molecule has 0 spiro atoms. The number of rotatable bonds is 4. The van der Waals surface area contributed by atoms with Crippen LogP contribution in [0.15, 0.2) is 47.0 Å². The molecule has 39 heavy (non-hydrogen) atoms. The van der Waals surface area contributed by atoms with Gasteiger partial charge in [-0.25, -0.2) is 0 Å². The molecule has 1 fully saturated rings. The van der Waals surface area contributed by atoms with Crippen LogP contribution in [0.25, 0.3) is 11.3 Å². The Morgan fingerprint density at radius 2 is 1.69 bits per heavy atom. The van der Waals surface area contributed by atoms with Crippen molar-refractivity contribution in [2.24, 2.45) is 0 Å². The second-order valence-corrected chi connectivity index (χ2v) is 12.5. The number of hydrogen-bond donors (Lipinski definition) is 1. The van der Waals surface area contributed by atoms with E-state index in [2.05, 4.69) is 16.5 Å². The molecular weight excluding hydrogens is 492 g/mol. The molecule has 1 aromatic heterocycles. The standard InChI is InChI=1S/C31H36N4O4/c1-19-9-10-23(33-27(36)21-11-20(16-32)12-22(13-21)29(2,3)4)14-24(19)25-15-26(38-34-25)28(37)35-17-30(5,6)39-31(7,8)18-35/h9-15H,17-18H2,1-8H3,(H,33,36). The van der Waals surface area contributed by atoms with Crippen LogP contribution in [0.2, 0.25) is 0 Å². The predicted molar refractivity (Wildman–Crippen MR) is 150 cm³/mol. The quantitative estimate of drug-likeness (QED) is 0.438. The number of ether oxygens (including phenoxy) is 1. The highest BCUT2D eigenvalue weighted by molar-refractivity contribution is 6.05. The van der Waals surface area contributed by atoms with Crippen LogP contribution >= 0.6 is 0 Å². The van der Waals surface area contributed by atoms with Crippen LogP contribution in [-0.4, -0.2) is 46.2 Å². The first kappa shape index (κ1) is 28.1. The van der Waals surface area contributed by atoms with Crippen LogP contribution in [0.3, 0.4) is 0 Å². The molecule has 204 valence electrons. The molecule has 3 aromatic rings. The first-order chi connectivity index (χ1) is 18.1. The smallest absolute Gasteiger partial charge is 0.292 e. The first-order valence-electron chi connectivity index (χ1n) is 13.0. The Bertz CT molecular complexity index is 1450. The van der Waals surface area contributed by atoms with Crippen molar-refractivity contribution < 1.29 is 18.8 Å². The van der Waals surface area contributed by atoms with Gasteiger partial charge in [-0.05, 0) is 81.5 Å². The Morgan fingerprint density at radius 1 is 1.03 bits per heavy atom. The van der Waals surface area contributed by atoms with Crippen LogP contribution in [0.1, 0.15) is 86.1 Å². The Labute approximate surface area is 229 Å². The Balaban J connectivity index is 1.57. The van der Waals surface area contributed by atoms with Crippen LogP contribution in [0.4, 0.5) is 5.69 Å². The molecule has 8 heteroatoms. The first-order valence-corrected chi connectivity index (χ1v) is 13.0. The molecule has 8 nitrogen and oxygen atoms in total. The largest absolute Gasteiger partial charge is 0.366 e. The summed E-state index contributed by atoms with van der Waals surface area (Å²) in [5, 5.41) is 16.6. The van der Waals surface area contributed by atoms with Crippen molar-refractivity contribution in [2.45, 2.75) is 72.0 Å². The minimum Gasteiger partial charge on any atom is -0.366 e. The minimum absolute atomic E-state index is 0.148. The van der Waals surface area contributed by atoms with Crippen molar-refractivity contribution in [3.05, 3.63) is 70.5 Å². The van der Waals surface area contributed by atoms with Crippen LogP contribution in [0, 0.1) is 18.3 Å². The number of nitrogens with zero attached hydrogens (tertiary/aromatic N) is 3. The zero-order valence-electron chi connectivity index (χ0n) is 23.9. The van der Waals surface area contributed by atoms with Crippen molar-refractivity contribution in [1.82, 2.24) is 10.1 Å². The lowest BCUT2D eigenvalue weighted by Gasteiger charge is -2.46. The maximum absolute atomic E-state index is 13.3. The summed E-state index contributed by atoms with van der Waals surface area (Å²) in [7, 11) is 0. The predicted octanol–water partition coefficient (Wildman–Crippen LogP) is 6.10. The van der Waals surface area contributed by atoms with Gasteiger partial charge in [-0.2, -0.15) is 5.26 Å². The summed E-state index contributed by atoms with van der Waals surface area (Å²) in [6.45, 7) is 16.8. The van der Waals surface area contributed by atoms with Gasteiger partial charge in [-0.15, -0.1) is 0 Å². The zero-order chi connectivity index (χ0) is 28.8. The minimum atomic E-state index is -0.482. The third-order valence-electron chi connectivity index (χ3n) is 6.67. The number of benzene rings is 2. The molecule has 0 radical (unpaired) electrons. The molecule has 1 aliphatic heterocycles. The van der Waals surface area contributed by atoms with E-state index in [0.717, 1.165) is 16.7 Å². The van der Waals surface area contributed by atoms with Crippen molar-refractivity contribution >= 4 is 17.5 Å². The van der Waals surface area contributed by atoms with E-state index in [4.69, 9.17) is 9.26 Å². The highest BCUT2D eigenvalue weighted by atomic mass is 16.5. The number of nitrogens with one attached hydrogen (secondary N) is 1. The normalized spacial score (nSPS) is 16.4. The van der Waals surface area contributed by atoms with Crippen LogP contribution in [-0.2, 0) is 10.2 Å². The molecule has 2 aromatic carbocycles. The molecule has 0 saturated carbocycles. The molecule has 2 heterocycles. The Kier molecular flexibility index (Phi) is 7.18. The summed E-state index contributed by atoms with van der Waals surface area (Å²) in [6.07, 6.45) is 0.